The van der Waals surface area contributed by atoms with Gasteiger partial charge in [-0.1, -0.05) is 45.2 Å². The molecule has 0 aliphatic carbocycles. The first-order valence-corrected chi connectivity index (χ1v) is 8.09. The van der Waals surface area contributed by atoms with E-state index >= 15 is 0 Å². The summed E-state index contributed by atoms with van der Waals surface area (Å²) in [7, 11) is 0. The van der Waals surface area contributed by atoms with Gasteiger partial charge in [-0.3, -0.25) is 0 Å². The third-order valence-electron chi connectivity index (χ3n) is 2.47. The fraction of sp³-hybridized carbons (Fsp3) is 0.0769. The molecule has 0 saturated heterocycles. The van der Waals surface area contributed by atoms with Gasteiger partial charge in [0.25, 0.3) is 0 Å². The average Bonchev–Trinajstić information content (AvgIpc) is 2.35. The van der Waals surface area contributed by atoms with Crippen LogP contribution in [-0.2, 0) is 0 Å². The van der Waals surface area contributed by atoms with Crippen molar-refractivity contribution in [3.8, 4) is 0 Å². The van der Waals surface area contributed by atoms with Gasteiger partial charge in [-0.05, 0) is 64.0 Å². The molecule has 0 amide bonds. The summed E-state index contributed by atoms with van der Waals surface area (Å²) in [6.07, 6.45) is 0. The molecule has 0 N–H and O–H groups in total. The van der Waals surface area contributed by atoms with Crippen LogP contribution >= 0.6 is 73.3 Å². The van der Waals surface area contributed by atoms with Crippen molar-refractivity contribution < 1.29 is 0 Å². The Labute approximate surface area is 143 Å². The molecule has 2 aromatic rings. The first kappa shape index (κ1) is 14.9. The van der Waals surface area contributed by atoms with Crippen molar-refractivity contribution in [1.82, 2.24) is 0 Å². The Morgan fingerprint density at radius 1 is 1.00 bits per heavy atom. The van der Waals surface area contributed by atoms with Gasteiger partial charge in [0.15, 0.2) is 0 Å². The van der Waals surface area contributed by atoms with E-state index in [4.69, 9.17) is 34.8 Å². The second kappa shape index (κ2) is 6.31. The Morgan fingerprint density at radius 2 is 1.72 bits per heavy atom. The van der Waals surface area contributed by atoms with Crippen molar-refractivity contribution in [3.63, 3.8) is 0 Å². The van der Waals surface area contributed by atoms with Gasteiger partial charge in [-0.25, -0.2) is 0 Å². The summed E-state index contributed by atoms with van der Waals surface area (Å²) in [5.41, 5.74) is 1.98. The van der Waals surface area contributed by atoms with Crippen LogP contribution in [-0.4, -0.2) is 0 Å². The molecule has 0 aliphatic heterocycles. The van der Waals surface area contributed by atoms with Gasteiger partial charge < -0.3 is 0 Å². The van der Waals surface area contributed by atoms with E-state index in [0.717, 1.165) is 19.2 Å². The van der Waals surface area contributed by atoms with E-state index < -0.39 is 0 Å². The minimum Gasteiger partial charge on any atom is -0.113 e. The largest absolute Gasteiger partial charge is 0.113 e. The zero-order valence-corrected chi connectivity index (χ0v) is 14.9. The van der Waals surface area contributed by atoms with Crippen molar-refractivity contribution in [3.05, 3.63) is 65.6 Å². The fourth-order valence-corrected chi connectivity index (χ4v) is 3.39. The Kier molecular flexibility index (Phi) is 5.23. The lowest BCUT2D eigenvalue weighted by molar-refractivity contribution is 1.12. The molecule has 0 aromatic heterocycles. The highest BCUT2D eigenvalue weighted by atomic mass is 127. The van der Waals surface area contributed by atoms with E-state index in [1.54, 1.807) is 12.1 Å². The van der Waals surface area contributed by atoms with E-state index in [0.29, 0.717) is 10.0 Å². The quantitative estimate of drug-likeness (QED) is 0.335. The maximum atomic E-state index is 6.51. The maximum Gasteiger partial charge on any atom is 0.0846 e. The number of hydrogen-bond acceptors (Lipinski definition) is 0. The van der Waals surface area contributed by atoms with E-state index in [1.807, 2.05) is 24.3 Å². The van der Waals surface area contributed by atoms with Crippen LogP contribution < -0.4 is 0 Å². The molecule has 0 heterocycles. The number of hydrogen-bond donors (Lipinski definition) is 0. The molecule has 0 fully saturated rings. The molecule has 1 atom stereocenters. The number of rotatable bonds is 2. The summed E-state index contributed by atoms with van der Waals surface area (Å²) in [5, 5.41) is 0.808. The SMILES string of the molecule is Clc1ccc(C(Cl)c2cc(Br)ccc2I)cc1Cl. The molecule has 18 heavy (non-hydrogen) atoms. The average molecular weight is 476 g/mol. The van der Waals surface area contributed by atoms with Crippen LogP contribution in [0.5, 0.6) is 0 Å². The molecule has 0 spiro atoms. The molecule has 2 rings (SSSR count). The third kappa shape index (κ3) is 3.34. The molecule has 94 valence electrons. The standard InChI is InChI=1S/C13H7BrCl3I/c14-8-2-4-12(18)9(6-8)13(17)7-1-3-10(15)11(16)5-7/h1-6,13H. The van der Waals surface area contributed by atoms with Crippen LogP contribution in [0.2, 0.25) is 10.0 Å². The zero-order chi connectivity index (χ0) is 13.3. The number of halogens is 5. The van der Waals surface area contributed by atoms with E-state index in [9.17, 15) is 0 Å². The van der Waals surface area contributed by atoms with Crippen molar-refractivity contribution in [2.24, 2.45) is 0 Å². The smallest absolute Gasteiger partial charge is 0.0846 e. The van der Waals surface area contributed by atoms with Crippen molar-refractivity contribution in [2.45, 2.75) is 5.38 Å². The molecule has 0 aliphatic rings. The molecule has 2 aromatic carbocycles. The topological polar surface area (TPSA) is 0 Å². The van der Waals surface area contributed by atoms with Crippen LogP contribution in [0.3, 0.4) is 0 Å². The second-order valence-corrected chi connectivity index (χ2v) is 7.03. The van der Waals surface area contributed by atoms with Crippen LogP contribution in [0, 0.1) is 3.57 Å². The molecular weight excluding hydrogens is 469 g/mol. The summed E-state index contributed by atoms with van der Waals surface area (Å²) in [5.74, 6) is 0. The van der Waals surface area contributed by atoms with Gasteiger partial charge in [0.2, 0.25) is 0 Å². The van der Waals surface area contributed by atoms with Crippen molar-refractivity contribution in [2.75, 3.05) is 0 Å². The monoisotopic (exact) mass is 474 g/mol. The lowest BCUT2D eigenvalue weighted by Gasteiger charge is -2.13. The fourth-order valence-electron chi connectivity index (χ4n) is 1.56. The second-order valence-electron chi connectivity index (χ2n) is 3.70. The zero-order valence-electron chi connectivity index (χ0n) is 8.93. The third-order valence-corrected chi connectivity index (χ3v) is 5.17. The lowest BCUT2D eigenvalue weighted by Crippen LogP contribution is -1.96. The van der Waals surface area contributed by atoms with Crippen molar-refractivity contribution >= 4 is 73.3 Å². The number of alkyl halides is 1. The lowest BCUT2D eigenvalue weighted by atomic mass is 10.0. The minimum absolute atomic E-state index is 0.246. The highest BCUT2D eigenvalue weighted by Crippen LogP contribution is 2.36. The van der Waals surface area contributed by atoms with Crippen molar-refractivity contribution in [1.29, 1.82) is 0 Å². The molecule has 0 radical (unpaired) electrons. The van der Waals surface area contributed by atoms with Gasteiger partial charge >= 0.3 is 0 Å². The Morgan fingerprint density at radius 3 is 2.39 bits per heavy atom. The number of benzene rings is 2. The van der Waals surface area contributed by atoms with Crippen LogP contribution in [0.15, 0.2) is 40.9 Å². The summed E-state index contributed by atoms with van der Waals surface area (Å²) in [6.45, 7) is 0. The predicted molar refractivity (Wildman–Crippen MR) is 91.0 cm³/mol. The van der Waals surface area contributed by atoms with E-state index in [-0.39, 0.29) is 5.38 Å². The molecule has 1 unspecified atom stereocenters. The molecule has 0 bridgehead atoms. The molecule has 0 saturated carbocycles. The predicted octanol–water partition coefficient (Wildman–Crippen LogP) is 6.69. The summed E-state index contributed by atoms with van der Waals surface area (Å²) in [6, 6.07) is 11.5. The summed E-state index contributed by atoms with van der Waals surface area (Å²) in [4.78, 5) is 0. The first-order chi connectivity index (χ1) is 8.49. The van der Waals surface area contributed by atoms with E-state index in [1.165, 1.54) is 0 Å². The molecular formula is C13H7BrCl3I. The van der Waals surface area contributed by atoms with E-state index in [2.05, 4.69) is 38.5 Å². The Hall–Kier alpha value is 0.520. The Bertz CT molecular complexity index is 586. The van der Waals surface area contributed by atoms with Gasteiger partial charge in [-0.2, -0.15) is 0 Å². The van der Waals surface area contributed by atoms with Gasteiger partial charge in [0.05, 0.1) is 15.4 Å². The van der Waals surface area contributed by atoms with Gasteiger partial charge in [0, 0.05) is 8.04 Å². The molecule has 0 nitrogen and oxygen atoms in total. The summed E-state index contributed by atoms with van der Waals surface area (Å²) < 4.78 is 2.12. The normalized spacial score (nSPS) is 12.5. The van der Waals surface area contributed by atoms with Gasteiger partial charge in [0.1, 0.15) is 0 Å². The summed E-state index contributed by atoms with van der Waals surface area (Å²) >= 11 is 24.1. The Balaban J connectivity index is 2.44. The van der Waals surface area contributed by atoms with Crippen LogP contribution in [0.25, 0.3) is 0 Å². The highest BCUT2D eigenvalue weighted by Gasteiger charge is 2.15. The minimum atomic E-state index is -0.246. The van der Waals surface area contributed by atoms with Gasteiger partial charge in [-0.15, -0.1) is 11.6 Å². The van der Waals surface area contributed by atoms with Crippen LogP contribution in [0.1, 0.15) is 16.5 Å². The maximum absolute atomic E-state index is 6.51. The highest BCUT2D eigenvalue weighted by molar-refractivity contribution is 14.1. The molecule has 5 heteroatoms. The first-order valence-electron chi connectivity index (χ1n) is 5.03. The van der Waals surface area contributed by atoms with Crippen LogP contribution in [0.4, 0.5) is 0 Å².